The summed E-state index contributed by atoms with van der Waals surface area (Å²) in [6.45, 7) is 4.63. The predicted molar refractivity (Wildman–Crippen MR) is 156 cm³/mol. The first-order valence-electron chi connectivity index (χ1n) is 11.8. The summed E-state index contributed by atoms with van der Waals surface area (Å²) < 4.78 is 49.7. The number of nitrogens with one attached hydrogen (secondary N) is 1. The van der Waals surface area contributed by atoms with E-state index in [0.29, 0.717) is 26.3 Å². The number of fused-ring (bicyclic) bond motifs is 1. The zero-order valence-corrected chi connectivity index (χ0v) is 24.6. The number of anilines is 2. The molecule has 1 unspecified atom stereocenters. The van der Waals surface area contributed by atoms with Crippen molar-refractivity contribution >= 4 is 53.8 Å². The number of aromatic nitrogens is 2. The van der Waals surface area contributed by atoms with Crippen LogP contribution in [0.3, 0.4) is 0 Å². The van der Waals surface area contributed by atoms with Gasteiger partial charge < -0.3 is 10.2 Å². The van der Waals surface area contributed by atoms with E-state index in [2.05, 4.69) is 44.5 Å². The second-order valence-corrected chi connectivity index (χ2v) is 14.5. The van der Waals surface area contributed by atoms with Crippen molar-refractivity contribution in [1.82, 2.24) is 14.9 Å². The van der Waals surface area contributed by atoms with E-state index >= 15 is 0 Å². The van der Waals surface area contributed by atoms with Crippen LogP contribution in [-0.4, -0.2) is 58.3 Å². The summed E-state index contributed by atoms with van der Waals surface area (Å²) in [5.41, 5.74) is 3.01. The van der Waals surface area contributed by atoms with Gasteiger partial charge in [-0.25, -0.2) is 26.8 Å². The van der Waals surface area contributed by atoms with Gasteiger partial charge in [-0.3, -0.25) is 0 Å². The first-order valence-corrected chi connectivity index (χ1v) is 16.3. The number of rotatable bonds is 9. The lowest BCUT2D eigenvalue weighted by Crippen LogP contribution is -2.35. The predicted octanol–water partition coefficient (Wildman–Crippen LogP) is 4.63. The average molecular weight is 574 g/mol. The van der Waals surface area contributed by atoms with Crippen LogP contribution in [0.15, 0.2) is 54.6 Å². The third kappa shape index (κ3) is 6.15. The monoisotopic (exact) mass is 573 g/mol. The third-order valence-electron chi connectivity index (χ3n) is 5.78. The highest BCUT2D eigenvalue weighted by Crippen LogP contribution is 2.36. The molecule has 9 nitrogen and oxygen atoms in total. The number of benzene rings is 2. The molecule has 0 aliphatic heterocycles. The zero-order valence-electron chi connectivity index (χ0n) is 22.1. The van der Waals surface area contributed by atoms with E-state index < -0.39 is 20.0 Å². The van der Waals surface area contributed by atoms with Crippen LogP contribution in [-0.2, 0) is 26.6 Å². The van der Waals surface area contributed by atoms with E-state index in [9.17, 15) is 16.8 Å². The summed E-state index contributed by atoms with van der Waals surface area (Å²) in [4.78, 5) is 13.4. The van der Waals surface area contributed by atoms with Crippen molar-refractivity contribution in [3.05, 3.63) is 70.9 Å². The molecule has 0 saturated carbocycles. The lowest BCUT2D eigenvalue weighted by molar-refractivity contribution is 0.403. The fourth-order valence-electron chi connectivity index (χ4n) is 4.33. The number of nitrogens with zero attached hydrogens (tertiary/aromatic N) is 4. The minimum atomic E-state index is -4.08. The molecule has 1 atom stereocenters. The smallest absolute Gasteiger partial charge is 0.245 e. The first-order chi connectivity index (χ1) is 17.7. The van der Waals surface area contributed by atoms with Crippen LogP contribution < -0.4 is 9.03 Å². The molecule has 2 aromatic carbocycles. The molecular weight excluding hydrogens is 543 g/mol. The molecule has 0 fully saturated rings. The van der Waals surface area contributed by atoms with E-state index in [4.69, 9.17) is 0 Å². The Morgan fingerprint density at radius 3 is 2.29 bits per heavy atom. The van der Waals surface area contributed by atoms with Gasteiger partial charge in [-0.05, 0) is 69.4 Å². The molecule has 4 rings (SSSR count). The molecule has 4 aromatic rings. The molecule has 0 radical (unpaired) electrons. The molecule has 202 valence electrons. The maximum absolute atomic E-state index is 12.3. The molecule has 0 spiro atoms. The Kier molecular flexibility index (Phi) is 7.80. The Morgan fingerprint density at radius 2 is 1.63 bits per heavy atom. The molecule has 1 N–H and O–H groups in total. The Balaban J connectivity index is 1.71. The highest BCUT2D eigenvalue weighted by Gasteiger charge is 2.28. The van der Waals surface area contributed by atoms with Crippen molar-refractivity contribution in [3.63, 3.8) is 0 Å². The number of hydrogen-bond donors (Lipinski definition) is 1. The molecule has 0 saturated heterocycles. The van der Waals surface area contributed by atoms with Gasteiger partial charge in [-0.2, -0.15) is 3.71 Å². The van der Waals surface area contributed by atoms with Crippen molar-refractivity contribution < 1.29 is 16.8 Å². The Bertz CT molecular complexity index is 1670. The molecule has 0 bridgehead atoms. The summed E-state index contributed by atoms with van der Waals surface area (Å²) in [6.07, 6.45) is 1.71. The van der Waals surface area contributed by atoms with Gasteiger partial charge in [0.05, 0.1) is 29.8 Å². The molecule has 12 heteroatoms. The van der Waals surface area contributed by atoms with Gasteiger partial charge in [0.15, 0.2) is 0 Å². The quantitative estimate of drug-likeness (QED) is 0.309. The lowest BCUT2D eigenvalue weighted by Gasteiger charge is -2.21. The van der Waals surface area contributed by atoms with Gasteiger partial charge in [0.1, 0.15) is 11.6 Å². The second kappa shape index (κ2) is 10.6. The van der Waals surface area contributed by atoms with Crippen LogP contribution in [0.25, 0.3) is 21.3 Å². The van der Waals surface area contributed by atoms with Gasteiger partial charge in [0.25, 0.3) is 0 Å². The van der Waals surface area contributed by atoms with Crippen molar-refractivity contribution in [2.24, 2.45) is 0 Å². The van der Waals surface area contributed by atoms with E-state index in [1.54, 1.807) is 24.3 Å². The third-order valence-corrected chi connectivity index (χ3v) is 10.3. The van der Waals surface area contributed by atoms with Crippen LogP contribution in [0, 0.1) is 6.92 Å². The summed E-state index contributed by atoms with van der Waals surface area (Å²) in [5, 5.41) is 3.95. The second-order valence-electron chi connectivity index (χ2n) is 9.51. The zero-order chi connectivity index (χ0) is 27.8. The largest absolute Gasteiger partial charge is 0.362 e. The number of sulfonamides is 2. The van der Waals surface area contributed by atoms with Crippen LogP contribution in [0.4, 0.5) is 11.5 Å². The minimum absolute atomic E-state index is 0.00145. The van der Waals surface area contributed by atoms with Crippen molar-refractivity contribution in [2.75, 3.05) is 35.6 Å². The van der Waals surface area contributed by atoms with E-state index in [1.807, 2.05) is 33.2 Å². The number of aryl methyl sites for hydroxylation is 1. The van der Waals surface area contributed by atoms with Crippen LogP contribution in [0.5, 0.6) is 0 Å². The molecule has 0 amide bonds. The maximum Gasteiger partial charge on any atom is 0.245 e. The molecule has 2 aromatic heterocycles. The highest BCUT2D eigenvalue weighted by atomic mass is 32.3. The minimum Gasteiger partial charge on any atom is -0.362 e. The Labute approximate surface area is 228 Å². The normalized spacial score (nSPS) is 13.1. The molecular formula is C26H31N5O4S3. The topological polar surface area (TPSA) is 113 Å². The van der Waals surface area contributed by atoms with Crippen LogP contribution in [0.2, 0.25) is 0 Å². The summed E-state index contributed by atoms with van der Waals surface area (Å²) in [7, 11) is -4.07. The van der Waals surface area contributed by atoms with Gasteiger partial charge in [-0.15, -0.1) is 11.3 Å². The average Bonchev–Trinajstić information content (AvgIpc) is 3.28. The standard InChI is InChI=1S/C26H31N5O4S3/c1-17(24-13-14-25(36-24)21-10-8-7-9-19(21)16-30(3)4)27-26-22-15-20(11-12-23(22)28-18(2)29-26)31(37(5,32)33)38(6,34)35/h7-15,17H,16H2,1-6H3,(H,27,28,29). The Hall–Kier alpha value is -3.06. The van der Waals surface area contributed by atoms with Crippen LogP contribution >= 0.6 is 11.3 Å². The molecule has 38 heavy (non-hydrogen) atoms. The summed E-state index contributed by atoms with van der Waals surface area (Å²) in [6, 6.07) is 17.0. The number of hydrogen-bond acceptors (Lipinski definition) is 9. The van der Waals surface area contributed by atoms with Gasteiger partial charge >= 0.3 is 0 Å². The summed E-state index contributed by atoms with van der Waals surface area (Å²) >= 11 is 1.69. The van der Waals surface area contributed by atoms with Crippen molar-refractivity contribution in [2.45, 2.75) is 26.4 Å². The van der Waals surface area contributed by atoms with Gasteiger partial charge in [-0.1, -0.05) is 24.3 Å². The highest BCUT2D eigenvalue weighted by molar-refractivity contribution is 8.09. The fourth-order valence-corrected chi connectivity index (χ4v) is 8.36. The van der Waals surface area contributed by atoms with Crippen molar-refractivity contribution in [1.29, 1.82) is 0 Å². The Morgan fingerprint density at radius 1 is 0.947 bits per heavy atom. The fraction of sp³-hybridized carbons (Fsp3) is 0.308. The van der Waals surface area contributed by atoms with Gasteiger partial charge in [0, 0.05) is 21.7 Å². The number of thiophene rings is 1. The SMILES string of the molecule is Cc1nc(NC(C)c2ccc(-c3ccccc3CN(C)C)s2)c2cc(N(S(C)(=O)=O)S(C)(=O)=O)ccc2n1. The molecule has 0 aliphatic rings. The maximum atomic E-state index is 12.3. The lowest BCUT2D eigenvalue weighted by atomic mass is 10.1. The van der Waals surface area contributed by atoms with E-state index in [1.165, 1.54) is 23.3 Å². The van der Waals surface area contributed by atoms with E-state index in [-0.39, 0.29) is 11.7 Å². The van der Waals surface area contributed by atoms with E-state index in [0.717, 1.165) is 28.8 Å². The molecule has 0 aliphatic carbocycles. The van der Waals surface area contributed by atoms with Gasteiger partial charge in [0.2, 0.25) is 20.0 Å². The summed E-state index contributed by atoms with van der Waals surface area (Å²) in [5.74, 6) is 1.03. The van der Waals surface area contributed by atoms with Crippen molar-refractivity contribution in [3.8, 4) is 10.4 Å². The van der Waals surface area contributed by atoms with Crippen LogP contribution in [0.1, 0.15) is 29.2 Å². The first kappa shape index (κ1) is 28.0. The molecule has 2 heterocycles.